The summed E-state index contributed by atoms with van der Waals surface area (Å²) in [6.45, 7) is 3.28. The van der Waals surface area contributed by atoms with Gasteiger partial charge in [0, 0.05) is 24.7 Å². The zero-order valence-corrected chi connectivity index (χ0v) is 14.2. The molecule has 8 heteroatoms. The molecule has 1 aromatic rings. The summed E-state index contributed by atoms with van der Waals surface area (Å²) in [5.74, 6) is -2.10. The van der Waals surface area contributed by atoms with E-state index < -0.39 is 23.3 Å². The quantitative estimate of drug-likeness (QED) is 0.475. The normalized spacial score (nSPS) is 15.0. The van der Waals surface area contributed by atoms with Crippen LogP contribution >= 0.6 is 0 Å². The van der Waals surface area contributed by atoms with Crippen LogP contribution in [-0.4, -0.2) is 58.0 Å². The Hall–Kier alpha value is -2.64. The highest BCUT2D eigenvalue weighted by molar-refractivity contribution is 5.95. The number of nitrogens with one attached hydrogen (secondary N) is 1. The van der Waals surface area contributed by atoms with Gasteiger partial charge in [-0.15, -0.1) is 0 Å². The van der Waals surface area contributed by atoms with Gasteiger partial charge in [0.1, 0.15) is 0 Å². The number of carbonyl (C=O) groups is 2. The maximum Gasteiger partial charge on any atom is 0.407 e. The Labute approximate surface area is 146 Å². The molecule has 1 saturated heterocycles. The van der Waals surface area contributed by atoms with E-state index in [9.17, 15) is 24.9 Å². The molecule has 0 spiro atoms. The highest BCUT2D eigenvalue weighted by Gasteiger charge is 2.26. The molecule has 1 fully saturated rings. The minimum Gasteiger partial charge on any atom is -0.504 e. The summed E-state index contributed by atoms with van der Waals surface area (Å²) in [6, 6.07) is 2.18. The van der Waals surface area contributed by atoms with Gasteiger partial charge in [0.25, 0.3) is 5.91 Å². The highest BCUT2D eigenvalue weighted by Crippen LogP contribution is 2.35. The summed E-state index contributed by atoms with van der Waals surface area (Å²) in [5, 5.41) is 31.2. The molecular weight excluding hydrogens is 328 g/mol. The van der Waals surface area contributed by atoms with Gasteiger partial charge in [-0.1, -0.05) is 13.3 Å². The number of hydrogen-bond donors (Lipinski definition) is 4. The second-order valence-corrected chi connectivity index (χ2v) is 6.06. The summed E-state index contributed by atoms with van der Waals surface area (Å²) >= 11 is 0. The molecule has 8 nitrogen and oxygen atoms in total. The van der Waals surface area contributed by atoms with Crippen LogP contribution in [0, 0.1) is 0 Å². The molecule has 0 radical (unpaired) electrons. The predicted molar refractivity (Wildman–Crippen MR) is 89.8 cm³/mol. The lowest BCUT2D eigenvalue weighted by Gasteiger charge is -2.32. The Morgan fingerprint density at radius 1 is 1.20 bits per heavy atom. The number of alkyl carbamates (subject to hydrolysis) is 1. The molecule has 2 amide bonds. The topological polar surface area (TPSA) is 119 Å². The van der Waals surface area contributed by atoms with E-state index in [2.05, 4.69) is 5.32 Å². The number of carbonyl (C=O) groups excluding carboxylic acids is 2. The largest absolute Gasteiger partial charge is 0.504 e. The van der Waals surface area contributed by atoms with E-state index in [1.807, 2.05) is 6.92 Å². The van der Waals surface area contributed by atoms with Crippen LogP contribution in [0.5, 0.6) is 17.2 Å². The number of unbranched alkanes of at least 4 members (excludes halogenated alkanes) is 1. The van der Waals surface area contributed by atoms with E-state index in [4.69, 9.17) is 4.74 Å². The number of likely N-dealkylation sites (tertiary alicyclic amines) is 1. The van der Waals surface area contributed by atoms with Gasteiger partial charge in [-0.25, -0.2) is 4.79 Å². The summed E-state index contributed by atoms with van der Waals surface area (Å²) in [6.07, 6.45) is 2.52. The van der Waals surface area contributed by atoms with Gasteiger partial charge in [0.05, 0.1) is 6.61 Å². The first kappa shape index (κ1) is 18.7. The molecule has 25 heavy (non-hydrogen) atoms. The fourth-order valence-electron chi connectivity index (χ4n) is 2.65. The fourth-order valence-corrected chi connectivity index (χ4v) is 2.65. The van der Waals surface area contributed by atoms with Crippen molar-refractivity contribution in [3.05, 3.63) is 17.7 Å². The zero-order chi connectivity index (χ0) is 18.4. The average molecular weight is 352 g/mol. The van der Waals surface area contributed by atoms with E-state index in [0.717, 1.165) is 25.0 Å². The number of piperidine rings is 1. The maximum atomic E-state index is 12.4. The van der Waals surface area contributed by atoms with Crippen LogP contribution in [0.3, 0.4) is 0 Å². The van der Waals surface area contributed by atoms with Crippen LogP contribution in [0.25, 0.3) is 0 Å². The number of amides is 2. The first-order valence-corrected chi connectivity index (χ1v) is 8.39. The molecule has 4 N–H and O–H groups in total. The van der Waals surface area contributed by atoms with Crippen molar-refractivity contribution in [3.8, 4) is 17.2 Å². The summed E-state index contributed by atoms with van der Waals surface area (Å²) in [5.41, 5.74) is 0.0955. The van der Waals surface area contributed by atoms with Crippen LogP contribution in [0.4, 0.5) is 4.79 Å². The van der Waals surface area contributed by atoms with Crippen LogP contribution in [0.15, 0.2) is 12.1 Å². The van der Waals surface area contributed by atoms with E-state index in [0.29, 0.717) is 32.5 Å². The van der Waals surface area contributed by atoms with Crippen molar-refractivity contribution in [2.24, 2.45) is 0 Å². The predicted octanol–water partition coefficient (Wildman–Crippen LogP) is 1.93. The maximum absolute atomic E-state index is 12.4. The first-order chi connectivity index (χ1) is 11.9. The van der Waals surface area contributed by atoms with Crippen molar-refractivity contribution in [1.29, 1.82) is 0 Å². The third-order valence-corrected chi connectivity index (χ3v) is 4.15. The number of phenols is 3. The molecule has 0 aliphatic carbocycles. The van der Waals surface area contributed by atoms with Gasteiger partial charge in [0.2, 0.25) is 0 Å². The number of phenolic OH excluding ortho intramolecular Hbond substituents is 3. The molecule has 0 atom stereocenters. The minimum absolute atomic E-state index is 0.0557. The first-order valence-electron chi connectivity index (χ1n) is 8.39. The Balaban J connectivity index is 1.85. The van der Waals surface area contributed by atoms with Crippen LogP contribution in [-0.2, 0) is 4.74 Å². The molecular formula is C17H24N2O6. The van der Waals surface area contributed by atoms with E-state index >= 15 is 0 Å². The number of aromatic hydroxyl groups is 3. The monoisotopic (exact) mass is 352 g/mol. The molecule has 1 aliphatic heterocycles. The van der Waals surface area contributed by atoms with Crippen molar-refractivity contribution < 1.29 is 29.6 Å². The molecule has 1 aromatic carbocycles. The van der Waals surface area contributed by atoms with Crippen LogP contribution in [0.1, 0.15) is 43.0 Å². The Morgan fingerprint density at radius 2 is 1.80 bits per heavy atom. The lowest BCUT2D eigenvalue weighted by atomic mass is 10.0. The lowest BCUT2D eigenvalue weighted by molar-refractivity contribution is 0.0701. The van der Waals surface area contributed by atoms with Crippen molar-refractivity contribution in [1.82, 2.24) is 10.2 Å². The Morgan fingerprint density at radius 3 is 2.36 bits per heavy atom. The van der Waals surface area contributed by atoms with Crippen molar-refractivity contribution in [2.75, 3.05) is 19.7 Å². The van der Waals surface area contributed by atoms with Gasteiger partial charge < -0.3 is 30.3 Å². The number of nitrogens with zero attached hydrogens (tertiary/aromatic N) is 1. The SMILES string of the molecule is CCCCOC(=O)NC1CCN(C(=O)c2cc(O)c(O)c(O)c2)CC1. The molecule has 1 aliphatic rings. The van der Waals surface area contributed by atoms with Crippen molar-refractivity contribution >= 4 is 12.0 Å². The minimum atomic E-state index is -0.652. The summed E-state index contributed by atoms with van der Waals surface area (Å²) < 4.78 is 5.06. The number of ether oxygens (including phenoxy) is 1. The third-order valence-electron chi connectivity index (χ3n) is 4.15. The van der Waals surface area contributed by atoms with E-state index in [-0.39, 0.29) is 17.5 Å². The van der Waals surface area contributed by atoms with Gasteiger partial charge in [0.15, 0.2) is 17.2 Å². The van der Waals surface area contributed by atoms with Crippen molar-refractivity contribution in [3.63, 3.8) is 0 Å². The molecule has 138 valence electrons. The number of hydrogen-bond acceptors (Lipinski definition) is 6. The van der Waals surface area contributed by atoms with Gasteiger partial charge in [-0.2, -0.15) is 0 Å². The average Bonchev–Trinajstić information content (AvgIpc) is 2.59. The van der Waals surface area contributed by atoms with Crippen LogP contribution in [0.2, 0.25) is 0 Å². The second-order valence-electron chi connectivity index (χ2n) is 6.06. The molecule has 0 unspecified atom stereocenters. The lowest BCUT2D eigenvalue weighted by Crippen LogP contribution is -2.46. The summed E-state index contributed by atoms with van der Waals surface area (Å²) in [4.78, 5) is 25.6. The fraction of sp³-hybridized carbons (Fsp3) is 0.529. The highest BCUT2D eigenvalue weighted by atomic mass is 16.5. The standard InChI is InChI=1S/C17H24N2O6/c1-2-3-8-25-17(24)18-12-4-6-19(7-5-12)16(23)11-9-13(20)15(22)14(21)10-11/h9-10,12,20-22H,2-8H2,1H3,(H,18,24). The van der Waals surface area contributed by atoms with Crippen molar-refractivity contribution in [2.45, 2.75) is 38.6 Å². The molecule has 0 saturated carbocycles. The third kappa shape index (κ3) is 4.91. The number of benzene rings is 1. The molecule has 2 rings (SSSR count). The summed E-state index contributed by atoms with van der Waals surface area (Å²) in [7, 11) is 0. The van der Waals surface area contributed by atoms with Gasteiger partial charge in [-0.05, 0) is 31.4 Å². The van der Waals surface area contributed by atoms with Crippen LogP contribution < -0.4 is 5.32 Å². The van der Waals surface area contributed by atoms with E-state index in [1.165, 1.54) is 0 Å². The second kappa shape index (κ2) is 8.46. The Bertz CT molecular complexity index is 603. The Kier molecular flexibility index (Phi) is 6.32. The molecule has 0 aromatic heterocycles. The molecule has 0 bridgehead atoms. The zero-order valence-electron chi connectivity index (χ0n) is 14.2. The van der Waals surface area contributed by atoms with Gasteiger partial charge >= 0.3 is 6.09 Å². The van der Waals surface area contributed by atoms with Gasteiger partial charge in [-0.3, -0.25) is 4.79 Å². The number of rotatable bonds is 5. The van der Waals surface area contributed by atoms with E-state index in [1.54, 1.807) is 4.90 Å². The smallest absolute Gasteiger partial charge is 0.407 e. The molecule has 1 heterocycles.